The number of hydrogen-bond acceptors (Lipinski definition) is 6. The van der Waals surface area contributed by atoms with Gasteiger partial charge < -0.3 is 25.0 Å². The number of allylic oxidation sites excluding steroid dienone is 1. The van der Waals surface area contributed by atoms with E-state index in [-0.39, 0.29) is 23.7 Å². The van der Waals surface area contributed by atoms with E-state index in [4.69, 9.17) is 9.47 Å². The molecule has 1 amide bonds. The number of para-hydroxylation sites is 3. The van der Waals surface area contributed by atoms with Gasteiger partial charge in [0.15, 0.2) is 5.78 Å². The Kier molecular flexibility index (Phi) is 6.93. The van der Waals surface area contributed by atoms with Gasteiger partial charge in [-0.25, -0.2) is 0 Å². The number of hydrogen-bond donors (Lipinski definition) is 2. The van der Waals surface area contributed by atoms with Gasteiger partial charge >= 0.3 is 0 Å². The zero-order valence-electron chi connectivity index (χ0n) is 20.3. The molecule has 0 fully saturated rings. The molecule has 2 aromatic carbocycles. The van der Waals surface area contributed by atoms with Crippen LogP contribution in [-0.4, -0.2) is 45.6 Å². The molecular weight excluding hydrogens is 430 g/mol. The molecular formula is C27H33N3O4. The molecule has 2 aromatic rings. The van der Waals surface area contributed by atoms with E-state index in [1.807, 2.05) is 53.4 Å². The lowest BCUT2D eigenvalue weighted by atomic mass is 9.73. The molecule has 1 atom stereocenters. The SMILES string of the molecule is COCCNC(=O)CN1c2ccccc2NC2=C(C(=O)CC(C)(C)C2)C1c1ccccc1OC. The predicted molar refractivity (Wildman–Crippen MR) is 133 cm³/mol. The second kappa shape index (κ2) is 9.89. The van der Waals surface area contributed by atoms with Crippen LogP contribution in [0.5, 0.6) is 5.75 Å². The molecule has 34 heavy (non-hydrogen) atoms. The molecule has 180 valence electrons. The molecule has 4 rings (SSSR count). The lowest BCUT2D eigenvalue weighted by Crippen LogP contribution is -2.42. The van der Waals surface area contributed by atoms with Gasteiger partial charge in [-0.2, -0.15) is 0 Å². The van der Waals surface area contributed by atoms with Gasteiger partial charge in [-0.05, 0) is 30.0 Å². The van der Waals surface area contributed by atoms with E-state index in [1.54, 1.807) is 14.2 Å². The van der Waals surface area contributed by atoms with E-state index in [9.17, 15) is 9.59 Å². The molecule has 1 heterocycles. The zero-order valence-corrected chi connectivity index (χ0v) is 20.3. The van der Waals surface area contributed by atoms with E-state index in [1.165, 1.54) is 0 Å². The third-order valence-electron chi connectivity index (χ3n) is 6.38. The number of nitrogens with zero attached hydrogens (tertiary/aromatic N) is 1. The van der Waals surface area contributed by atoms with Crippen LogP contribution in [0, 0.1) is 5.41 Å². The van der Waals surface area contributed by atoms with Crippen molar-refractivity contribution >= 4 is 23.1 Å². The molecule has 0 radical (unpaired) electrons. The summed E-state index contributed by atoms with van der Waals surface area (Å²) in [6, 6.07) is 15.1. The van der Waals surface area contributed by atoms with E-state index >= 15 is 0 Å². The number of ketones is 1. The molecule has 0 saturated heterocycles. The summed E-state index contributed by atoms with van der Waals surface area (Å²) in [4.78, 5) is 28.7. The summed E-state index contributed by atoms with van der Waals surface area (Å²) in [5.74, 6) is 0.632. The maximum Gasteiger partial charge on any atom is 0.239 e. The molecule has 7 heteroatoms. The monoisotopic (exact) mass is 463 g/mol. The Morgan fingerprint density at radius 2 is 1.85 bits per heavy atom. The van der Waals surface area contributed by atoms with Gasteiger partial charge in [0.05, 0.1) is 37.7 Å². The number of methoxy groups -OCH3 is 2. The molecule has 1 aliphatic carbocycles. The van der Waals surface area contributed by atoms with E-state index < -0.39 is 6.04 Å². The molecule has 2 aliphatic rings. The fourth-order valence-electron chi connectivity index (χ4n) is 4.95. The summed E-state index contributed by atoms with van der Waals surface area (Å²) in [5.41, 5.74) is 4.05. The first-order valence-corrected chi connectivity index (χ1v) is 11.6. The Labute approximate surface area is 201 Å². The van der Waals surface area contributed by atoms with Gasteiger partial charge in [0.1, 0.15) is 5.75 Å². The van der Waals surface area contributed by atoms with Crippen LogP contribution in [0.4, 0.5) is 11.4 Å². The van der Waals surface area contributed by atoms with Crippen LogP contribution in [0.3, 0.4) is 0 Å². The van der Waals surface area contributed by atoms with Crippen molar-refractivity contribution in [3.63, 3.8) is 0 Å². The van der Waals surface area contributed by atoms with Crippen molar-refractivity contribution in [2.75, 3.05) is 44.1 Å². The van der Waals surface area contributed by atoms with Gasteiger partial charge in [-0.3, -0.25) is 9.59 Å². The van der Waals surface area contributed by atoms with Gasteiger partial charge in [-0.1, -0.05) is 44.2 Å². The Morgan fingerprint density at radius 1 is 1.12 bits per heavy atom. The Morgan fingerprint density at radius 3 is 2.62 bits per heavy atom. The third-order valence-corrected chi connectivity index (χ3v) is 6.38. The highest BCUT2D eigenvalue weighted by atomic mass is 16.5. The number of rotatable bonds is 7. The van der Waals surface area contributed by atoms with Crippen molar-refractivity contribution in [2.45, 2.75) is 32.7 Å². The van der Waals surface area contributed by atoms with Crippen LogP contribution < -0.4 is 20.3 Å². The highest BCUT2D eigenvalue weighted by Gasteiger charge is 2.42. The lowest BCUT2D eigenvalue weighted by Gasteiger charge is -2.38. The first-order chi connectivity index (χ1) is 16.3. The second-order valence-electron chi connectivity index (χ2n) is 9.59. The van der Waals surface area contributed by atoms with Crippen LogP contribution in [0.15, 0.2) is 59.8 Å². The first kappa shape index (κ1) is 23.8. The molecule has 0 saturated carbocycles. The van der Waals surface area contributed by atoms with Gasteiger partial charge in [-0.15, -0.1) is 0 Å². The van der Waals surface area contributed by atoms with Gasteiger partial charge in [0, 0.05) is 36.9 Å². The van der Waals surface area contributed by atoms with Crippen molar-refractivity contribution in [2.24, 2.45) is 5.41 Å². The Bertz CT molecular complexity index is 1110. The molecule has 7 nitrogen and oxygen atoms in total. The fraction of sp³-hybridized carbons (Fsp3) is 0.407. The van der Waals surface area contributed by atoms with Gasteiger partial charge in [0.2, 0.25) is 5.91 Å². The third kappa shape index (κ3) is 4.80. The van der Waals surface area contributed by atoms with Crippen LogP contribution in [0.1, 0.15) is 38.3 Å². The van der Waals surface area contributed by atoms with E-state index in [0.717, 1.165) is 29.1 Å². The summed E-state index contributed by atoms with van der Waals surface area (Å²) in [5, 5.41) is 6.49. The van der Waals surface area contributed by atoms with Crippen molar-refractivity contribution in [1.29, 1.82) is 0 Å². The number of amides is 1. The van der Waals surface area contributed by atoms with Crippen molar-refractivity contribution in [3.8, 4) is 5.75 Å². The van der Waals surface area contributed by atoms with Crippen molar-refractivity contribution in [1.82, 2.24) is 5.32 Å². The number of nitrogens with one attached hydrogen (secondary N) is 2. The van der Waals surface area contributed by atoms with Crippen LogP contribution in [0.25, 0.3) is 0 Å². The minimum Gasteiger partial charge on any atom is -0.496 e. The topological polar surface area (TPSA) is 79.9 Å². The molecule has 1 aliphatic heterocycles. The second-order valence-corrected chi connectivity index (χ2v) is 9.59. The van der Waals surface area contributed by atoms with Gasteiger partial charge in [0.25, 0.3) is 0 Å². The normalized spacial score (nSPS) is 19.0. The maximum absolute atomic E-state index is 13.7. The number of anilines is 2. The van der Waals surface area contributed by atoms with Crippen molar-refractivity contribution < 1.29 is 19.1 Å². The Balaban J connectivity index is 1.89. The maximum atomic E-state index is 13.7. The number of carbonyl (C=O) groups excluding carboxylic acids is 2. The number of ether oxygens (including phenoxy) is 2. The minimum atomic E-state index is -0.473. The quantitative estimate of drug-likeness (QED) is 0.603. The van der Waals surface area contributed by atoms with Crippen LogP contribution >= 0.6 is 0 Å². The highest BCUT2D eigenvalue weighted by Crippen LogP contribution is 2.49. The van der Waals surface area contributed by atoms with E-state index in [0.29, 0.717) is 30.9 Å². The number of Topliss-reactive ketones (excluding diaryl/α,β-unsaturated/α-hetero) is 1. The number of benzene rings is 2. The zero-order chi connectivity index (χ0) is 24.3. The lowest BCUT2D eigenvalue weighted by molar-refractivity contribution is -0.121. The molecule has 0 spiro atoms. The summed E-state index contributed by atoms with van der Waals surface area (Å²) in [6.45, 7) is 5.17. The molecule has 0 bridgehead atoms. The van der Waals surface area contributed by atoms with Crippen molar-refractivity contribution in [3.05, 3.63) is 65.4 Å². The molecule has 1 unspecified atom stereocenters. The summed E-state index contributed by atoms with van der Waals surface area (Å²) in [6.07, 6.45) is 1.19. The number of carbonyl (C=O) groups is 2. The average molecular weight is 464 g/mol. The average Bonchev–Trinajstić information content (AvgIpc) is 2.93. The molecule has 2 N–H and O–H groups in total. The summed E-state index contributed by atoms with van der Waals surface area (Å²) in [7, 11) is 3.23. The van der Waals surface area contributed by atoms with E-state index in [2.05, 4.69) is 24.5 Å². The molecule has 0 aromatic heterocycles. The largest absolute Gasteiger partial charge is 0.496 e. The highest BCUT2D eigenvalue weighted by molar-refractivity contribution is 6.02. The summed E-state index contributed by atoms with van der Waals surface area (Å²) >= 11 is 0. The fourth-order valence-corrected chi connectivity index (χ4v) is 4.95. The minimum absolute atomic E-state index is 0.0819. The Hall–Kier alpha value is -3.32. The smallest absolute Gasteiger partial charge is 0.239 e. The summed E-state index contributed by atoms with van der Waals surface area (Å²) < 4.78 is 10.8. The number of fused-ring (bicyclic) bond motifs is 1. The van der Waals surface area contributed by atoms with Crippen LogP contribution in [-0.2, 0) is 14.3 Å². The first-order valence-electron chi connectivity index (χ1n) is 11.6. The van der Waals surface area contributed by atoms with Crippen LogP contribution in [0.2, 0.25) is 0 Å². The predicted octanol–water partition coefficient (Wildman–Crippen LogP) is 4.07. The standard InChI is InChI=1S/C27H33N3O4/c1-27(2)15-20-25(22(31)16-27)26(18-9-5-8-12-23(18)34-4)30(17-24(32)28-13-14-33-3)21-11-7-6-10-19(21)29-20/h5-12,26,29H,13-17H2,1-4H3,(H,28,32).